The summed E-state index contributed by atoms with van der Waals surface area (Å²) in [6, 6.07) is 5.76. The number of anilines is 1. The SMILES string of the molecule is Cc1cc2occ(CC(=O)OC(C)C(=O)Nc3ccnn3C(C)C)c2cc1C. The van der Waals surface area contributed by atoms with Gasteiger partial charge in [-0.3, -0.25) is 9.59 Å². The number of nitrogens with one attached hydrogen (secondary N) is 1. The maximum absolute atomic E-state index is 12.4. The molecule has 7 heteroatoms. The summed E-state index contributed by atoms with van der Waals surface area (Å²) in [6.45, 7) is 9.49. The van der Waals surface area contributed by atoms with E-state index >= 15 is 0 Å². The maximum Gasteiger partial charge on any atom is 0.311 e. The van der Waals surface area contributed by atoms with Crippen molar-refractivity contribution in [3.8, 4) is 0 Å². The number of carbonyl (C=O) groups is 2. The molecule has 3 aromatic rings. The third-order valence-corrected chi connectivity index (χ3v) is 4.69. The first kappa shape index (κ1) is 19.7. The highest BCUT2D eigenvalue weighted by Crippen LogP contribution is 2.25. The fourth-order valence-corrected chi connectivity index (χ4v) is 2.97. The molecule has 0 aliphatic carbocycles. The van der Waals surface area contributed by atoms with E-state index in [1.54, 1.807) is 30.1 Å². The molecule has 0 saturated heterocycles. The number of rotatable bonds is 6. The number of esters is 1. The van der Waals surface area contributed by atoms with Gasteiger partial charge in [0.2, 0.25) is 0 Å². The number of hydrogen-bond acceptors (Lipinski definition) is 5. The predicted molar refractivity (Wildman–Crippen MR) is 106 cm³/mol. The summed E-state index contributed by atoms with van der Waals surface area (Å²) in [5, 5.41) is 7.80. The summed E-state index contributed by atoms with van der Waals surface area (Å²) in [5.41, 5.74) is 3.73. The average Bonchev–Trinajstić information content (AvgIpc) is 3.23. The van der Waals surface area contributed by atoms with Gasteiger partial charge in [0.1, 0.15) is 11.4 Å². The van der Waals surface area contributed by atoms with E-state index in [4.69, 9.17) is 9.15 Å². The quantitative estimate of drug-likeness (QED) is 0.652. The molecule has 0 bridgehead atoms. The summed E-state index contributed by atoms with van der Waals surface area (Å²) in [5.74, 6) is -0.324. The van der Waals surface area contributed by atoms with Crippen molar-refractivity contribution < 1.29 is 18.7 Å². The van der Waals surface area contributed by atoms with Crippen LogP contribution in [0.15, 0.2) is 35.1 Å². The number of benzene rings is 1. The predicted octanol–water partition coefficient (Wildman–Crippen LogP) is 3.94. The lowest BCUT2D eigenvalue weighted by molar-refractivity contribution is -0.152. The fourth-order valence-electron chi connectivity index (χ4n) is 2.97. The van der Waals surface area contributed by atoms with E-state index < -0.39 is 18.0 Å². The van der Waals surface area contributed by atoms with Crippen LogP contribution in [-0.4, -0.2) is 27.8 Å². The van der Waals surface area contributed by atoms with Gasteiger partial charge in [-0.15, -0.1) is 0 Å². The maximum atomic E-state index is 12.4. The van der Waals surface area contributed by atoms with E-state index in [0.717, 1.165) is 27.7 Å². The van der Waals surface area contributed by atoms with Gasteiger partial charge in [-0.05, 0) is 57.9 Å². The molecular formula is C21H25N3O4. The summed E-state index contributed by atoms with van der Waals surface area (Å²) >= 11 is 0. The molecule has 0 aliphatic heterocycles. The van der Waals surface area contributed by atoms with Crippen molar-refractivity contribution in [1.29, 1.82) is 0 Å². The van der Waals surface area contributed by atoms with E-state index in [-0.39, 0.29) is 12.5 Å². The molecule has 0 fully saturated rings. The smallest absolute Gasteiger partial charge is 0.311 e. The van der Waals surface area contributed by atoms with Crippen molar-refractivity contribution in [3.05, 3.63) is 47.3 Å². The minimum Gasteiger partial charge on any atom is -0.464 e. The molecule has 7 nitrogen and oxygen atoms in total. The van der Waals surface area contributed by atoms with Crippen LogP contribution in [0, 0.1) is 13.8 Å². The van der Waals surface area contributed by atoms with Crippen LogP contribution in [0.5, 0.6) is 0 Å². The number of aryl methyl sites for hydroxylation is 2. The molecule has 28 heavy (non-hydrogen) atoms. The highest BCUT2D eigenvalue weighted by atomic mass is 16.5. The van der Waals surface area contributed by atoms with Crippen molar-refractivity contribution in [2.75, 3.05) is 5.32 Å². The van der Waals surface area contributed by atoms with Gasteiger partial charge >= 0.3 is 5.97 Å². The molecule has 1 unspecified atom stereocenters. The number of fused-ring (bicyclic) bond motifs is 1. The number of aromatic nitrogens is 2. The first-order valence-corrected chi connectivity index (χ1v) is 9.27. The van der Waals surface area contributed by atoms with Gasteiger partial charge in [-0.1, -0.05) is 0 Å². The summed E-state index contributed by atoms with van der Waals surface area (Å²) in [4.78, 5) is 24.7. The molecule has 2 heterocycles. The molecule has 0 saturated carbocycles. The highest BCUT2D eigenvalue weighted by Gasteiger charge is 2.21. The monoisotopic (exact) mass is 383 g/mol. The number of furan rings is 1. The molecule has 0 aliphatic rings. The van der Waals surface area contributed by atoms with Crippen LogP contribution in [0.1, 0.15) is 43.5 Å². The molecule has 1 aromatic carbocycles. The Labute approximate surface area is 163 Å². The summed E-state index contributed by atoms with van der Waals surface area (Å²) < 4.78 is 12.6. The lowest BCUT2D eigenvalue weighted by Crippen LogP contribution is -2.31. The van der Waals surface area contributed by atoms with Crippen molar-refractivity contribution in [1.82, 2.24) is 9.78 Å². The van der Waals surface area contributed by atoms with Gasteiger partial charge in [0, 0.05) is 23.1 Å². The zero-order chi connectivity index (χ0) is 20.4. The Morgan fingerprint density at radius 2 is 1.93 bits per heavy atom. The second kappa shape index (κ2) is 7.88. The van der Waals surface area contributed by atoms with Crippen LogP contribution in [0.2, 0.25) is 0 Å². The van der Waals surface area contributed by atoms with E-state index in [1.807, 2.05) is 39.8 Å². The van der Waals surface area contributed by atoms with Gasteiger partial charge < -0.3 is 14.5 Å². The number of ether oxygens (including phenoxy) is 1. The fraction of sp³-hybridized carbons (Fsp3) is 0.381. The Morgan fingerprint density at radius 3 is 2.64 bits per heavy atom. The standard InChI is InChI=1S/C21H25N3O4/c1-12(2)24-19(6-7-22-24)23-21(26)15(5)28-20(25)10-16-11-27-18-9-14(4)13(3)8-17(16)18/h6-9,11-12,15H,10H2,1-5H3,(H,23,26). The first-order valence-electron chi connectivity index (χ1n) is 9.27. The first-order chi connectivity index (χ1) is 13.3. The largest absolute Gasteiger partial charge is 0.464 e. The van der Waals surface area contributed by atoms with Gasteiger partial charge in [0.15, 0.2) is 6.10 Å². The van der Waals surface area contributed by atoms with Gasteiger partial charge in [0.25, 0.3) is 5.91 Å². The number of carbonyl (C=O) groups excluding carboxylic acids is 2. The molecule has 1 atom stereocenters. The third kappa shape index (κ3) is 4.08. The molecule has 0 radical (unpaired) electrons. The van der Waals surface area contributed by atoms with Crippen LogP contribution in [-0.2, 0) is 20.7 Å². The third-order valence-electron chi connectivity index (χ3n) is 4.69. The normalized spacial score (nSPS) is 12.4. The number of hydrogen-bond donors (Lipinski definition) is 1. The molecule has 1 N–H and O–H groups in total. The minimum atomic E-state index is -0.926. The van der Waals surface area contributed by atoms with Crippen LogP contribution >= 0.6 is 0 Å². The summed E-state index contributed by atoms with van der Waals surface area (Å²) in [7, 11) is 0. The lowest BCUT2D eigenvalue weighted by atomic mass is 10.0. The molecule has 1 amide bonds. The topological polar surface area (TPSA) is 86.4 Å². The molecule has 148 valence electrons. The highest BCUT2D eigenvalue weighted by molar-refractivity contribution is 5.95. The second-order valence-electron chi connectivity index (χ2n) is 7.25. The minimum absolute atomic E-state index is 0.0387. The number of nitrogens with zero attached hydrogens (tertiary/aromatic N) is 2. The number of amides is 1. The summed E-state index contributed by atoms with van der Waals surface area (Å²) in [6.07, 6.45) is 2.29. The van der Waals surface area contributed by atoms with E-state index in [2.05, 4.69) is 10.4 Å². The van der Waals surface area contributed by atoms with Crippen molar-refractivity contribution in [2.45, 2.75) is 53.2 Å². The van der Waals surface area contributed by atoms with E-state index in [9.17, 15) is 9.59 Å². The lowest BCUT2D eigenvalue weighted by Gasteiger charge is -2.15. The Kier molecular flexibility index (Phi) is 5.53. The van der Waals surface area contributed by atoms with Crippen LogP contribution in [0.4, 0.5) is 5.82 Å². The van der Waals surface area contributed by atoms with Crippen molar-refractivity contribution in [3.63, 3.8) is 0 Å². The molecule has 2 aromatic heterocycles. The average molecular weight is 383 g/mol. The Bertz CT molecular complexity index is 1020. The van der Waals surface area contributed by atoms with Crippen LogP contribution < -0.4 is 5.32 Å². The van der Waals surface area contributed by atoms with Crippen molar-refractivity contribution >= 4 is 28.7 Å². The van der Waals surface area contributed by atoms with Gasteiger partial charge in [-0.2, -0.15) is 5.10 Å². The zero-order valence-corrected chi connectivity index (χ0v) is 16.8. The molecule has 0 spiro atoms. The molecule has 3 rings (SSSR count). The van der Waals surface area contributed by atoms with E-state index in [0.29, 0.717) is 5.82 Å². The van der Waals surface area contributed by atoms with E-state index in [1.165, 1.54) is 0 Å². The second-order valence-corrected chi connectivity index (χ2v) is 7.25. The van der Waals surface area contributed by atoms with Crippen molar-refractivity contribution in [2.24, 2.45) is 0 Å². The zero-order valence-electron chi connectivity index (χ0n) is 16.8. The Morgan fingerprint density at radius 1 is 1.21 bits per heavy atom. The Hall–Kier alpha value is -3.09. The van der Waals surface area contributed by atoms with Crippen LogP contribution in [0.25, 0.3) is 11.0 Å². The van der Waals surface area contributed by atoms with Gasteiger partial charge in [-0.25, -0.2) is 4.68 Å². The molecular weight excluding hydrogens is 358 g/mol. The van der Waals surface area contributed by atoms with Crippen LogP contribution in [0.3, 0.4) is 0 Å². The Balaban J connectivity index is 1.63. The van der Waals surface area contributed by atoms with Gasteiger partial charge in [0.05, 0.1) is 18.9 Å².